The second-order valence-electron chi connectivity index (χ2n) is 5.72. The smallest absolute Gasteiger partial charge is 0.303 e. The van der Waals surface area contributed by atoms with E-state index in [0.717, 1.165) is 17.3 Å². The van der Waals surface area contributed by atoms with Gasteiger partial charge in [0.25, 0.3) is 5.91 Å². The molecule has 1 N–H and O–H groups in total. The van der Waals surface area contributed by atoms with Gasteiger partial charge in [-0.3, -0.25) is 9.10 Å². The quantitative estimate of drug-likeness (QED) is 0.703. The molecule has 0 spiro atoms. The van der Waals surface area contributed by atoms with Gasteiger partial charge in [0, 0.05) is 33.3 Å². The van der Waals surface area contributed by atoms with Crippen molar-refractivity contribution in [1.29, 1.82) is 0 Å². The Labute approximate surface area is 139 Å². The van der Waals surface area contributed by atoms with Crippen molar-refractivity contribution in [3.63, 3.8) is 0 Å². The summed E-state index contributed by atoms with van der Waals surface area (Å²) in [5.41, 5.74) is 1.01. The van der Waals surface area contributed by atoms with Crippen LogP contribution in [0.15, 0.2) is 24.3 Å². The van der Waals surface area contributed by atoms with Gasteiger partial charge in [0.05, 0.1) is 5.69 Å². The fourth-order valence-electron chi connectivity index (χ4n) is 1.90. The summed E-state index contributed by atoms with van der Waals surface area (Å²) >= 11 is 0. The first-order valence-electron chi connectivity index (χ1n) is 7.35. The standard InChI is InChI=1S/C15H26N4O3S/c1-17(2)12-6-11-16-15(20)13-7-9-14(10-8-13)19(5)23(21,22)18(3)4/h7-10H,6,11-12H2,1-5H3,(H,16,20). The van der Waals surface area contributed by atoms with Crippen LogP contribution in [0.25, 0.3) is 0 Å². The number of carbonyl (C=O) groups excluding carboxylic acids is 1. The predicted octanol–water partition coefficient (Wildman–Crippen LogP) is 0.611. The summed E-state index contributed by atoms with van der Waals surface area (Å²) in [7, 11) is 4.87. The lowest BCUT2D eigenvalue weighted by Crippen LogP contribution is -2.37. The van der Waals surface area contributed by atoms with Crippen molar-refractivity contribution in [3.8, 4) is 0 Å². The molecule has 0 aliphatic rings. The average molecular weight is 342 g/mol. The minimum Gasteiger partial charge on any atom is -0.352 e. The Balaban J connectivity index is 2.68. The molecule has 0 saturated carbocycles. The monoisotopic (exact) mass is 342 g/mol. The van der Waals surface area contributed by atoms with Crippen LogP contribution in [-0.2, 0) is 10.2 Å². The molecule has 0 heterocycles. The van der Waals surface area contributed by atoms with E-state index in [9.17, 15) is 13.2 Å². The molecule has 8 heteroatoms. The summed E-state index contributed by atoms with van der Waals surface area (Å²) in [6.07, 6.45) is 0.876. The van der Waals surface area contributed by atoms with Gasteiger partial charge in [0.2, 0.25) is 0 Å². The number of amides is 1. The Morgan fingerprint density at radius 1 is 1.04 bits per heavy atom. The zero-order valence-corrected chi connectivity index (χ0v) is 15.2. The third kappa shape index (κ3) is 5.49. The third-order valence-corrected chi connectivity index (χ3v) is 5.19. The van der Waals surface area contributed by atoms with Crippen molar-refractivity contribution < 1.29 is 13.2 Å². The first kappa shape index (κ1) is 19.4. The van der Waals surface area contributed by atoms with Crippen LogP contribution in [0, 0.1) is 0 Å². The van der Waals surface area contributed by atoms with E-state index < -0.39 is 10.2 Å². The largest absolute Gasteiger partial charge is 0.352 e. The minimum absolute atomic E-state index is 0.159. The molecule has 1 amide bonds. The van der Waals surface area contributed by atoms with Gasteiger partial charge in [0.15, 0.2) is 0 Å². The van der Waals surface area contributed by atoms with Crippen LogP contribution in [-0.4, -0.2) is 71.9 Å². The van der Waals surface area contributed by atoms with E-state index in [2.05, 4.69) is 10.2 Å². The van der Waals surface area contributed by atoms with E-state index in [-0.39, 0.29) is 5.91 Å². The molecule has 0 aliphatic heterocycles. The number of hydrogen-bond donors (Lipinski definition) is 1. The maximum atomic E-state index is 12.0. The lowest BCUT2D eigenvalue weighted by molar-refractivity contribution is 0.0952. The van der Waals surface area contributed by atoms with Crippen LogP contribution in [0.1, 0.15) is 16.8 Å². The molecule has 1 aromatic carbocycles. The van der Waals surface area contributed by atoms with Crippen molar-refractivity contribution in [3.05, 3.63) is 29.8 Å². The van der Waals surface area contributed by atoms with Crippen LogP contribution in [0.3, 0.4) is 0 Å². The average Bonchev–Trinajstić information content (AvgIpc) is 2.50. The summed E-state index contributed by atoms with van der Waals surface area (Å²) in [6.45, 7) is 1.51. The molecule has 0 unspecified atom stereocenters. The zero-order valence-electron chi connectivity index (χ0n) is 14.4. The van der Waals surface area contributed by atoms with Crippen LogP contribution < -0.4 is 9.62 Å². The Morgan fingerprint density at radius 3 is 2.09 bits per heavy atom. The van der Waals surface area contributed by atoms with Gasteiger partial charge in [-0.05, 0) is 51.3 Å². The van der Waals surface area contributed by atoms with Crippen molar-refractivity contribution in [2.75, 3.05) is 52.6 Å². The SMILES string of the molecule is CN(C)CCCNC(=O)c1ccc(N(C)S(=O)(=O)N(C)C)cc1. The lowest BCUT2D eigenvalue weighted by atomic mass is 10.2. The van der Waals surface area contributed by atoms with Gasteiger partial charge in [-0.1, -0.05) is 0 Å². The number of hydrogen-bond acceptors (Lipinski definition) is 4. The fraction of sp³-hybridized carbons (Fsp3) is 0.533. The third-order valence-electron chi connectivity index (χ3n) is 3.37. The molecular formula is C15H26N4O3S. The van der Waals surface area contributed by atoms with Crippen LogP contribution in [0.5, 0.6) is 0 Å². The van der Waals surface area contributed by atoms with E-state index in [1.54, 1.807) is 24.3 Å². The number of nitrogens with one attached hydrogen (secondary N) is 1. The van der Waals surface area contributed by atoms with Gasteiger partial charge in [-0.15, -0.1) is 0 Å². The van der Waals surface area contributed by atoms with Crippen molar-refractivity contribution in [2.24, 2.45) is 0 Å². The van der Waals surface area contributed by atoms with Gasteiger partial charge in [0.1, 0.15) is 0 Å². The van der Waals surface area contributed by atoms with E-state index in [4.69, 9.17) is 0 Å². The second kappa shape index (κ2) is 8.28. The molecule has 0 fully saturated rings. The normalized spacial score (nSPS) is 11.8. The maximum absolute atomic E-state index is 12.0. The highest BCUT2D eigenvalue weighted by atomic mass is 32.2. The molecule has 1 rings (SSSR count). The molecule has 7 nitrogen and oxygen atoms in total. The first-order chi connectivity index (χ1) is 10.7. The second-order valence-corrected chi connectivity index (χ2v) is 7.89. The van der Waals surface area contributed by atoms with E-state index in [1.165, 1.54) is 25.4 Å². The Kier molecular flexibility index (Phi) is 6.99. The first-order valence-corrected chi connectivity index (χ1v) is 8.75. The molecule has 23 heavy (non-hydrogen) atoms. The van der Waals surface area contributed by atoms with Gasteiger partial charge < -0.3 is 10.2 Å². The molecule has 0 radical (unpaired) electrons. The molecular weight excluding hydrogens is 316 g/mol. The number of nitrogens with zero attached hydrogens (tertiary/aromatic N) is 3. The lowest BCUT2D eigenvalue weighted by Gasteiger charge is -2.23. The Morgan fingerprint density at radius 2 is 1.61 bits per heavy atom. The van der Waals surface area contributed by atoms with Gasteiger partial charge in [-0.25, -0.2) is 0 Å². The zero-order chi connectivity index (χ0) is 17.6. The molecule has 0 saturated heterocycles. The predicted molar refractivity (Wildman–Crippen MR) is 93.0 cm³/mol. The number of carbonyl (C=O) groups is 1. The van der Waals surface area contributed by atoms with Gasteiger partial charge in [-0.2, -0.15) is 12.7 Å². The van der Waals surface area contributed by atoms with Crippen molar-refractivity contribution in [1.82, 2.24) is 14.5 Å². The van der Waals surface area contributed by atoms with E-state index >= 15 is 0 Å². The Bertz CT molecular complexity index is 612. The molecule has 1 aromatic rings. The van der Waals surface area contributed by atoms with E-state index in [0.29, 0.717) is 17.8 Å². The van der Waals surface area contributed by atoms with Crippen molar-refractivity contribution >= 4 is 21.8 Å². The maximum Gasteiger partial charge on any atom is 0.303 e. The molecule has 0 bridgehead atoms. The number of anilines is 1. The highest BCUT2D eigenvalue weighted by Crippen LogP contribution is 2.18. The summed E-state index contributed by atoms with van der Waals surface area (Å²) in [6, 6.07) is 6.49. The molecule has 130 valence electrons. The number of rotatable bonds is 8. The minimum atomic E-state index is -3.53. The molecule has 0 aliphatic carbocycles. The fourth-order valence-corrected chi connectivity index (χ4v) is 2.78. The summed E-state index contributed by atoms with van der Waals surface area (Å²) in [5, 5.41) is 2.85. The van der Waals surface area contributed by atoms with Crippen LogP contribution in [0.4, 0.5) is 5.69 Å². The number of benzene rings is 1. The van der Waals surface area contributed by atoms with Gasteiger partial charge >= 0.3 is 10.2 Å². The topological polar surface area (TPSA) is 73.0 Å². The van der Waals surface area contributed by atoms with E-state index in [1.807, 2.05) is 14.1 Å². The van der Waals surface area contributed by atoms with Crippen molar-refractivity contribution in [2.45, 2.75) is 6.42 Å². The molecule has 0 atom stereocenters. The summed E-state index contributed by atoms with van der Waals surface area (Å²) < 4.78 is 26.4. The highest BCUT2D eigenvalue weighted by Gasteiger charge is 2.20. The summed E-state index contributed by atoms with van der Waals surface area (Å²) in [5.74, 6) is -0.159. The molecule has 0 aromatic heterocycles. The Hall–Kier alpha value is -1.64. The summed E-state index contributed by atoms with van der Waals surface area (Å²) in [4.78, 5) is 14.1. The highest BCUT2D eigenvalue weighted by molar-refractivity contribution is 7.90. The van der Waals surface area contributed by atoms with Crippen LogP contribution in [0.2, 0.25) is 0 Å². The van der Waals surface area contributed by atoms with Crippen LogP contribution >= 0.6 is 0 Å².